The number of carbonyl (C=O) groups excluding carboxylic acids is 2. The Hall–Kier alpha value is -1.36. The maximum atomic E-state index is 12.0. The van der Waals surface area contributed by atoms with Crippen LogP contribution in [0.25, 0.3) is 0 Å². The Bertz CT molecular complexity index is 455. The molecule has 0 spiro atoms. The SMILES string of the molecule is CCOC(=O)C(C(=O)OCC)C(C)c1ccccc1Br. The Morgan fingerprint density at radius 2 is 1.60 bits per heavy atom. The molecular weight excluding hydrogens is 324 g/mol. The molecule has 0 aliphatic heterocycles. The van der Waals surface area contributed by atoms with E-state index in [9.17, 15) is 9.59 Å². The van der Waals surface area contributed by atoms with Crippen molar-refractivity contribution in [3.63, 3.8) is 0 Å². The Morgan fingerprint density at radius 1 is 1.10 bits per heavy atom. The van der Waals surface area contributed by atoms with Gasteiger partial charge in [0.25, 0.3) is 0 Å². The van der Waals surface area contributed by atoms with Crippen LogP contribution in [0.4, 0.5) is 0 Å². The van der Waals surface area contributed by atoms with Gasteiger partial charge in [0.1, 0.15) is 0 Å². The van der Waals surface area contributed by atoms with Crippen molar-refractivity contribution in [1.82, 2.24) is 0 Å². The van der Waals surface area contributed by atoms with Gasteiger partial charge in [-0.05, 0) is 25.5 Å². The summed E-state index contributed by atoms with van der Waals surface area (Å²) in [4.78, 5) is 24.1. The Balaban J connectivity index is 3.06. The summed E-state index contributed by atoms with van der Waals surface area (Å²) in [6.07, 6.45) is 0. The van der Waals surface area contributed by atoms with Gasteiger partial charge in [-0.15, -0.1) is 0 Å². The first kappa shape index (κ1) is 16.7. The van der Waals surface area contributed by atoms with Crippen molar-refractivity contribution in [3.8, 4) is 0 Å². The van der Waals surface area contributed by atoms with E-state index in [0.29, 0.717) is 0 Å². The fourth-order valence-electron chi connectivity index (χ4n) is 1.99. The Labute approximate surface area is 127 Å². The normalized spacial score (nSPS) is 12.1. The summed E-state index contributed by atoms with van der Waals surface area (Å²) in [6, 6.07) is 7.49. The lowest BCUT2D eigenvalue weighted by molar-refractivity contribution is -0.162. The molecular formula is C15H19BrO4. The Kier molecular flexibility index (Phi) is 6.71. The average Bonchev–Trinajstić information content (AvgIpc) is 2.40. The van der Waals surface area contributed by atoms with E-state index >= 15 is 0 Å². The van der Waals surface area contributed by atoms with Crippen LogP contribution in [-0.4, -0.2) is 25.2 Å². The summed E-state index contributed by atoms with van der Waals surface area (Å²) in [5, 5.41) is 0. The molecule has 4 nitrogen and oxygen atoms in total. The van der Waals surface area contributed by atoms with Crippen LogP contribution < -0.4 is 0 Å². The lowest BCUT2D eigenvalue weighted by atomic mass is 9.87. The van der Waals surface area contributed by atoms with Gasteiger partial charge < -0.3 is 9.47 Å². The van der Waals surface area contributed by atoms with E-state index < -0.39 is 17.9 Å². The van der Waals surface area contributed by atoms with Gasteiger partial charge in [-0.25, -0.2) is 0 Å². The van der Waals surface area contributed by atoms with Gasteiger partial charge in [0.05, 0.1) is 13.2 Å². The maximum absolute atomic E-state index is 12.0. The standard InChI is InChI=1S/C15H19BrO4/c1-4-19-14(17)13(15(18)20-5-2)10(3)11-8-6-7-9-12(11)16/h6-10,13H,4-5H2,1-3H3. The minimum Gasteiger partial charge on any atom is -0.465 e. The monoisotopic (exact) mass is 342 g/mol. The first-order valence-corrected chi connectivity index (χ1v) is 7.39. The molecule has 1 atom stereocenters. The largest absolute Gasteiger partial charge is 0.465 e. The summed E-state index contributed by atoms with van der Waals surface area (Å²) < 4.78 is 10.9. The second-order valence-corrected chi connectivity index (χ2v) is 5.15. The first-order chi connectivity index (χ1) is 9.52. The minimum atomic E-state index is -0.950. The molecule has 0 fully saturated rings. The van der Waals surface area contributed by atoms with Gasteiger partial charge in [0.2, 0.25) is 0 Å². The molecule has 1 rings (SSSR count). The van der Waals surface area contributed by atoms with Gasteiger partial charge in [0, 0.05) is 10.4 Å². The molecule has 0 bridgehead atoms. The van der Waals surface area contributed by atoms with Crippen molar-refractivity contribution in [2.24, 2.45) is 5.92 Å². The third kappa shape index (κ3) is 4.07. The molecule has 0 aliphatic carbocycles. The number of benzene rings is 1. The van der Waals surface area contributed by atoms with Crippen molar-refractivity contribution in [2.75, 3.05) is 13.2 Å². The van der Waals surface area contributed by atoms with Crippen molar-refractivity contribution in [2.45, 2.75) is 26.7 Å². The topological polar surface area (TPSA) is 52.6 Å². The van der Waals surface area contributed by atoms with Crippen LogP contribution in [0.2, 0.25) is 0 Å². The van der Waals surface area contributed by atoms with Gasteiger partial charge >= 0.3 is 11.9 Å². The van der Waals surface area contributed by atoms with E-state index in [0.717, 1.165) is 10.0 Å². The highest BCUT2D eigenvalue weighted by Gasteiger charge is 2.36. The maximum Gasteiger partial charge on any atom is 0.320 e. The molecule has 0 saturated heterocycles. The average molecular weight is 343 g/mol. The third-order valence-electron chi connectivity index (χ3n) is 2.98. The van der Waals surface area contributed by atoms with E-state index in [4.69, 9.17) is 9.47 Å². The summed E-state index contributed by atoms with van der Waals surface area (Å²) in [5.74, 6) is -2.37. The molecule has 0 aromatic heterocycles. The van der Waals surface area contributed by atoms with Gasteiger partial charge in [-0.2, -0.15) is 0 Å². The predicted octanol–water partition coefficient (Wildman–Crippen LogP) is 3.30. The number of esters is 2. The second-order valence-electron chi connectivity index (χ2n) is 4.29. The van der Waals surface area contributed by atoms with E-state index in [2.05, 4.69) is 15.9 Å². The molecule has 0 radical (unpaired) electrons. The molecule has 1 unspecified atom stereocenters. The lowest BCUT2D eigenvalue weighted by Crippen LogP contribution is -2.32. The van der Waals surface area contributed by atoms with E-state index in [-0.39, 0.29) is 19.1 Å². The third-order valence-corrected chi connectivity index (χ3v) is 3.70. The zero-order valence-electron chi connectivity index (χ0n) is 11.9. The van der Waals surface area contributed by atoms with Gasteiger partial charge in [-0.1, -0.05) is 41.1 Å². The second kappa shape index (κ2) is 8.04. The highest BCUT2D eigenvalue weighted by atomic mass is 79.9. The van der Waals surface area contributed by atoms with Crippen LogP contribution in [0.3, 0.4) is 0 Å². The van der Waals surface area contributed by atoms with E-state index in [1.807, 2.05) is 31.2 Å². The molecule has 0 amide bonds. The molecule has 110 valence electrons. The highest BCUT2D eigenvalue weighted by Crippen LogP contribution is 2.31. The number of rotatable bonds is 6. The van der Waals surface area contributed by atoms with Crippen LogP contribution in [0.15, 0.2) is 28.7 Å². The van der Waals surface area contributed by atoms with Crippen molar-refractivity contribution < 1.29 is 19.1 Å². The van der Waals surface area contributed by atoms with Crippen molar-refractivity contribution in [1.29, 1.82) is 0 Å². The number of hydrogen-bond acceptors (Lipinski definition) is 4. The summed E-state index contributed by atoms with van der Waals surface area (Å²) in [5.41, 5.74) is 0.874. The number of halogens is 1. The van der Waals surface area contributed by atoms with Gasteiger partial charge in [-0.3, -0.25) is 9.59 Å². The van der Waals surface area contributed by atoms with Crippen LogP contribution in [0.5, 0.6) is 0 Å². The smallest absolute Gasteiger partial charge is 0.320 e. The molecule has 20 heavy (non-hydrogen) atoms. The zero-order chi connectivity index (χ0) is 15.1. The number of hydrogen-bond donors (Lipinski definition) is 0. The number of ether oxygens (including phenoxy) is 2. The fraction of sp³-hybridized carbons (Fsp3) is 0.467. The summed E-state index contributed by atoms with van der Waals surface area (Å²) in [6.45, 7) is 5.71. The summed E-state index contributed by atoms with van der Waals surface area (Å²) >= 11 is 3.44. The zero-order valence-corrected chi connectivity index (χ0v) is 13.5. The molecule has 0 N–H and O–H groups in total. The highest BCUT2D eigenvalue weighted by molar-refractivity contribution is 9.10. The quantitative estimate of drug-likeness (QED) is 0.588. The predicted molar refractivity (Wildman–Crippen MR) is 79.3 cm³/mol. The molecule has 1 aromatic rings. The molecule has 5 heteroatoms. The fourth-order valence-corrected chi connectivity index (χ4v) is 2.64. The minimum absolute atomic E-state index is 0.234. The van der Waals surface area contributed by atoms with Crippen LogP contribution in [0.1, 0.15) is 32.3 Å². The molecule has 0 heterocycles. The lowest BCUT2D eigenvalue weighted by Gasteiger charge is -2.22. The van der Waals surface area contributed by atoms with Crippen molar-refractivity contribution >= 4 is 27.9 Å². The molecule has 0 aliphatic rings. The van der Waals surface area contributed by atoms with Crippen LogP contribution in [-0.2, 0) is 19.1 Å². The van der Waals surface area contributed by atoms with Crippen LogP contribution in [0, 0.1) is 5.92 Å². The van der Waals surface area contributed by atoms with E-state index in [1.54, 1.807) is 13.8 Å². The molecule has 0 saturated carbocycles. The van der Waals surface area contributed by atoms with Crippen LogP contribution >= 0.6 is 15.9 Å². The van der Waals surface area contributed by atoms with Crippen molar-refractivity contribution in [3.05, 3.63) is 34.3 Å². The summed E-state index contributed by atoms with van der Waals surface area (Å²) in [7, 11) is 0. The number of carbonyl (C=O) groups is 2. The Morgan fingerprint density at radius 3 is 2.05 bits per heavy atom. The van der Waals surface area contributed by atoms with Gasteiger partial charge in [0.15, 0.2) is 5.92 Å². The first-order valence-electron chi connectivity index (χ1n) is 6.60. The molecule has 1 aromatic carbocycles. The van der Waals surface area contributed by atoms with E-state index in [1.165, 1.54) is 0 Å².